The van der Waals surface area contributed by atoms with E-state index in [0.717, 1.165) is 9.18 Å². The van der Waals surface area contributed by atoms with Gasteiger partial charge >= 0.3 is 0 Å². The minimum Gasteiger partial charge on any atom is -0.306 e. The Balaban J connectivity index is 1.71. The van der Waals surface area contributed by atoms with Gasteiger partial charge in [0.25, 0.3) is 11.5 Å². The zero-order valence-electron chi connectivity index (χ0n) is 18.9. The molecule has 0 unspecified atom stereocenters. The van der Waals surface area contributed by atoms with E-state index in [1.807, 2.05) is 17.5 Å². The molecule has 176 valence electrons. The van der Waals surface area contributed by atoms with Crippen LogP contribution in [-0.2, 0) is 10.0 Å². The molecule has 12 heteroatoms. The summed E-state index contributed by atoms with van der Waals surface area (Å²) in [4.78, 5) is 33.4. The van der Waals surface area contributed by atoms with Crippen molar-refractivity contribution in [1.82, 2.24) is 24.1 Å². The Morgan fingerprint density at radius 1 is 1.15 bits per heavy atom. The van der Waals surface area contributed by atoms with Crippen LogP contribution < -0.4 is 10.9 Å². The molecule has 2 N–H and O–H groups in total. The maximum Gasteiger partial charge on any atom is 0.256 e. The molecule has 1 aromatic carbocycles. The quantitative estimate of drug-likeness (QED) is 0.420. The van der Waals surface area contributed by atoms with Crippen molar-refractivity contribution in [3.63, 3.8) is 0 Å². The van der Waals surface area contributed by atoms with Crippen LogP contribution in [0.5, 0.6) is 0 Å². The Bertz CT molecular complexity index is 1520. The number of thiophene rings is 1. The topological polar surface area (TPSA) is 130 Å². The maximum atomic E-state index is 13.0. The monoisotopic (exact) mass is 498 g/mol. The minimum atomic E-state index is -3.61. The van der Waals surface area contributed by atoms with Crippen LogP contribution in [0.15, 0.2) is 57.5 Å². The number of aryl methyl sites for hydroxylation is 1. The van der Waals surface area contributed by atoms with E-state index < -0.39 is 15.9 Å². The highest BCUT2D eigenvalue weighted by Gasteiger charge is 2.20. The Hall–Kier alpha value is -3.61. The molecular formula is C22H22N6O4S2. The Labute approximate surface area is 200 Å². The van der Waals surface area contributed by atoms with Gasteiger partial charge in [0.05, 0.1) is 9.77 Å². The summed E-state index contributed by atoms with van der Waals surface area (Å²) < 4.78 is 27.0. The fourth-order valence-electron chi connectivity index (χ4n) is 3.08. The van der Waals surface area contributed by atoms with Gasteiger partial charge in [0.15, 0.2) is 0 Å². The number of sulfonamides is 1. The van der Waals surface area contributed by atoms with E-state index in [2.05, 4.69) is 20.4 Å². The number of nitrogens with one attached hydrogen (secondary N) is 2. The van der Waals surface area contributed by atoms with Crippen molar-refractivity contribution in [1.29, 1.82) is 0 Å². The van der Waals surface area contributed by atoms with Crippen molar-refractivity contribution in [2.45, 2.75) is 18.7 Å². The molecule has 4 rings (SSSR count). The van der Waals surface area contributed by atoms with Crippen molar-refractivity contribution in [3.05, 3.63) is 75.0 Å². The first-order valence-electron chi connectivity index (χ1n) is 10.1. The molecule has 0 saturated heterocycles. The number of nitrogens with zero attached hydrogens (tertiary/aromatic N) is 4. The van der Waals surface area contributed by atoms with Crippen LogP contribution in [0, 0.1) is 13.8 Å². The third-order valence-electron chi connectivity index (χ3n) is 5.20. The van der Waals surface area contributed by atoms with Gasteiger partial charge in [-0.25, -0.2) is 17.7 Å². The number of carbonyl (C=O) groups is 1. The minimum absolute atomic E-state index is 0.0796. The molecule has 0 saturated carbocycles. The van der Waals surface area contributed by atoms with Gasteiger partial charge in [0, 0.05) is 37.0 Å². The highest BCUT2D eigenvalue weighted by molar-refractivity contribution is 7.89. The first-order chi connectivity index (χ1) is 16.1. The molecule has 10 nitrogen and oxygen atoms in total. The lowest BCUT2D eigenvalue weighted by atomic mass is 10.2. The van der Waals surface area contributed by atoms with Crippen molar-refractivity contribution in [3.8, 4) is 16.5 Å². The summed E-state index contributed by atoms with van der Waals surface area (Å²) in [6, 6.07) is 11.1. The average Bonchev–Trinajstić information content (AvgIpc) is 3.47. The molecule has 34 heavy (non-hydrogen) atoms. The summed E-state index contributed by atoms with van der Waals surface area (Å²) in [7, 11) is -0.732. The second kappa shape index (κ2) is 8.97. The molecule has 0 aliphatic heterocycles. The second-order valence-corrected chi connectivity index (χ2v) is 10.8. The highest BCUT2D eigenvalue weighted by atomic mass is 32.2. The van der Waals surface area contributed by atoms with E-state index in [0.29, 0.717) is 22.8 Å². The number of rotatable bonds is 6. The molecule has 0 aliphatic rings. The van der Waals surface area contributed by atoms with Crippen molar-refractivity contribution in [2.75, 3.05) is 19.4 Å². The third kappa shape index (κ3) is 4.42. The molecule has 0 bridgehead atoms. The van der Waals surface area contributed by atoms with Gasteiger partial charge in [-0.3, -0.25) is 14.6 Å². The fraction of sp³-hybridized carbons (Fsp3) is 0.182. The van der Waals surface area contributed by atoms with E-state index >= 15 is 0 Å². The van der Waals surface area contributed by atoms with Crippen LogP contribution in [0.25, 0.3) is 16.5 Å². The van der Waals surface area contributed by atoms with Gasteiger partial charge < -0.3 is 5.32 Å². The van der Waals surface area contributed by atoms with Gasteiger partial charge in [-0.15, -0.1) is 11.3 Å². The number of anilines is 1. The lowest BCUT2D eigenvalue weighted by molar-refractivity contribution is 0.102. The molecule has 0 atom stereocenters. The van der Waals surface area contributed by atoms with E-state index in [-0.39, 0.29) is 22.0 Å². The highest BCUT2D eigenvalue weighted by Crippen LogP contribution is 2.27. The third-order valence-corrected chi connectivity index (χ3v) is 7.92. The second-order valence-electron chi connectivity index (χ2n) is 7.67. The van der Waals surface area contributed by atoms with Crippen LogP contribution in [-0.4, -0.2) is 52.5 Å². The van der Waals surface area contributed by atoms with Gasteiger partial charge in [-0.05, 0) is 49.6 Å². The Morgan fingerprint density at radius 3 is 2.44 bits per heavy atom. The Kier molecular flexibility index (Phi) is 6.21. The predicted octanol–water partition coefficient (Wildman–Crippen LogP) is 2.80. The average molecular weight is 499 g/mol. The molecule has 0 spiro atoms. The SMILES string of the molecule is Cc1nc(-n2nc(-c3cccs3)cc2NC(=O)c2ccc(S(=O)(=O)N(C)C)cc2)[nH]c(=O)c1C. The molecule has 3 heterocycles. The lowest BCUT2D eigenvalue weighted by Crippen LogP contribution is -2.22. The van der Waals surface area contributed by atoms with Crippen LogP contribution in [0.1, 0.15) is 21.6 Å². The van der Waals surface area contributed by atoms with Crippen LogP contribution >= 0.6 is 11.3 Å². The zero-order valence-corrected chi connectivity index (χ0v) is 20.5. The lowest BCUT2D eigenvalue weighted by Gasteiger charge is -2.12. The summed E-state index contributed by atoms with van der Waals surface area (Å²) >= 11 is 1.48. The standard InChI is InChI=1S/C22H22N6O4S2/c1-13-14(2)23-22(25-20(13)29)28-19(12-17(26-28)18-6-5-11-33-18)24-21(30)15-7-9-16(10-8-15)34(31,32)27(3)4/h5-12H,1-4H3,(H,24,30)(H,23,25,29). The van der Waals surface area contributed by atoms with E-state index in [1.165, 1.54) is 54.4 Å². The van der Waals surface area contributed by atoms with Crippen LogP contribution in [0.2, 0.25) is 0 Å². The van der Waals surface area contributed by atoms with Gasteiger partial charge in [-0.2, -0.15) is 9.78 Å². The number of hydrogen-bond donors (Lipinski definition) is 2. The van der Waals surface area contributed by atoms with Gasteiger partial charge in [0.1, 0.15) is 11.5 Å². The molecule has 0 radical (unpaired) electrons. The number of aromatic amines is 1. The van der Waals surface area contributed by atoms with Crippen molar-refractivity contribution in [2.24, 2.45) is 0 Å². The number of H-pyrrole nitrogens is 1. The smallest absolute Gasteiger partial charge is 0.256 e. The summed E-state index contributed by atoms with van der Waals surface area (Å²) in [5.41, 5.74) is 1.59. The summed E-state index contributed by atoms with van der Waals surface area (Å²) in [5, 5.41) is 9.24. The molecule has 4 aromatic rings. The van der Waals surface area contributed by atoms with Gasteiger partial charge in [-0.1, -0.05) is 6.07 Å². The number of amides is 1. The Morgan fingerprint density at radius 2 is 1.85 bits per heavy atom. The molecule has 3 aromatic heterocycles. The predicted molar refractivity (Wildman–Crippen MR) is 130 cm³/mol. The normalized spacial score (nSPS) is 11.7. The number of aromatic nitrogens is 4. The van der Waals surface area contributed by atoms with Crippen molar-refractivity contribution >= 4 is 33.1 Å². The molecule has 0 aliphatic carbocycles. The summed E-state index contributed by atoms with van der Waals surface area (Å²) in [6.45, 7) is 3.40. The molecule has 1 amide bonds. The van der Waals surface area contributed by atoms with E-state index in [9.17, 15) is 18.0 Å². The number of carbonyl (C=O) groups excluding carboxylic acids is 1. The largest absolute Gasteiger partial charge is 0.306 e. The summed E-state index contributed by atoms with van der Waals surface area (Å²) in [6.07, 6.45) is 0. The number of benzene rings is 1. The fourth-order valence-corrected chi connectivity index (χ4v) is 4.67. The number of hydrogen-bond acceptors (Lipinski definition) is 7. The van der Waals surface area contributed by atoms with Crippen LogP contribution in [0.3, 0.4) is 0 Å². The first kappa shape index (κ1) is 23.5. The van der Waals surface area contributed by atoms with Crippen LogP contribution in [0.4, 0.5) is 5.82 Å². The summed E-state index contributed by atoms with van der Waals surface area (Å²) in [5.74, 6) is -0.0118. The molecule has 0 fully saturated rings. The van der Waals surface area contributed by atoms with Crippen molar-refractivity contribution < 1.29 is 13.2 Å². The molecular weight excluding hydrogens is 476 g/mol. The first-order valence-corrected chi connectivity index (χ1v) is 12.5. The van der Waals surface area contributed by atoms with Gasteiger partial charge in [0.2, 0.25) is 16.0 Å². The van der Waals surface area contributed by atoms with E-state index in [1.54, 1.807) is 19.9 Å². The van der Waals surface area contributed by atoms with E-state index in [4.69, 9.17) is 0 Å². The zero-order chi connectivity index (χ0) is 24.6. The maximum absolute atomic E-state index is 13.0.